The molecule has 0 aliphatic carbocycles. The van der Waals surface area contributed by atoms with Crippen LogP contribution in [0.15, 0.2) is 67.0 Å². The second kappa shape index (κ2) is 9.14. The fourth-order valence-electron chi connectivity index (χ4n) is 3.52. The average molecular weight is 474 g/mol. The maximum absolute atomic E-state index is 14.7. The Morgan fingerprint density at radius 2 is 1.94 bits per heavy atom. The Labute approximate surface area is 198 Å². The van der Waals surface area contributed by atoms with Crippen LogP contribution in [0, 0.1) is 12.7 Å². The van der Waals surface area contributed by atoms with Crippen LogP contribution in [-0.4, -0.2) is 26.9 Å². The minimum Gasteiger partial charge on any atom is -0.454 e. The Balaban J connectivity index is 1.26. The van der Waals surface area contributed by atoms with Gasteiger partial charge in [-0.05, 0) is 37.3 Å². The lowest BCUT2D eigenvalue weighted by molar-refractivity contribution is 0.215. The molecule has 11 heteroatoms. The molecule has 0 atom stereocenters. The van der Waals surface area contributed by atoms with E-state index in [4.69, 9.17) is 9.47 Å². The first kappa shape index (κ1) is 21.9. The molecule has 1 aliphatic rings. The van der Waals surface area contributed by atoms with Crippen molar-refractivity contribution in [1.82, 2.24) is 20.1 Å². The van der Waals surface area contributed by atoms with E-state index < -0.39 is 11.9 Å². The molecule has 2 aromatic heterocycles. The summed E-state index contributed by atoms with van der Waals surface area (Å²) in [6, 6.07) is 14.6. The van der Waals surface area contributed by atoms with Crippen molar-refractivity contribution >= 4 is 23.6 Å². The molecule has 3 amide bonds. The van der Waals surface area contributed by atoms with Crippen LogP contribution >= 0.6 is 0 Å². The van der Waals surface area contributed by atoms with Crippen molar-refractivity contribution < 1.29 is 23.5 Å². The molecule has 1 aliphatic heterocycles. The van der Waals surface area contributed by atoms with Crippen LogP contribution in [0.5, 0.6) is 17.2 Å². The molecule has 0 saturated carbocycles. The maximum Gasteiger partial charge on any atom is 0.417 e. The number of urea groups is 1. The lowest BCUT2D eigenvalue weighted by Gasteiger charge is -2.20. The molecule has 0 unspecified atom stereocenters. The zero-order chi connectivity index (χ0) is 24.4. The summed E-state index contributed by atoms with van der Waals surface area (Å²) >= 11 is 0. The highest BCUT2D eigenvalue weighted by Gasteiger charge is 2.20. The van der Waals surface area contributed by atoms with E-state index >= 15 is 0 Å². The number of fused-ring (bicyclic) bond motifs is 1. The summed E-state index contributed by atoms with van der Waals surface area (Å²) in [7, 11) is 0. The Hall–Kier alpha value is -4.93. The molecular weight excluding hydrogens is 455 g/mol. The number of halogens is 1. The molecule has 0 fully saturated rings. The van der Waals surface area contributed by atoms with E-state index in [9.17, 15) is 14.0 Å². The summed E-state index contributed by atoms with van der Waals surface area (Å²) in [6.45, 7) is 1.96. The van der Waals surface area contributed by atoms with Gasteiger partial charge in [0.05, 0.1) is 29.7 Å². The molecule has 10 nitrogen and oxygen atoms in total. The average Bonchev–Trinajstić information content (AvgIpc) is 3.21. The normalized spacial score (nSPS) is 12.2. The van der Waals surface area contributed by atoms with E-state index in [0.717, 1.165) is 11.8 Å². The number of carbonyl (C=O) groups excluding carboxylic acids is 2. The first-order chi connectivity index (χ1) is 17.0. The number of rotatable bonds is 5. The number of aromatic nitrogens is 3. The highest BCUT2D eigenvalue weighted by molar-refractivity contribution is 5.91. The second-order valence-electron chi connectivity index (χ2n) is 7.55. The van der Waals surface area contributed by atoms with Crippen LogP contribution in [0.3, 0.4) is 0 Å². The monoisotopic (exact) mass is 474 g/mol. The Bertz CT molecular complexity index is 1420. The lowest BCUT2D eigenvalue weighted by Crippen LogP contribution is -2.34. The first-order valence-electron chi connectivity index (χ1n) is 10.6. The number of anilines is 2. The smallest absolute Gasteiger partial charge is 0.417 e. The van der Waals surface area contributed by atoms with Gasteiger partial charge in [-0.25, -0.2) is 23.6 Å². The van der Waals surface area contributed by atoms with Crippen molar-refractivity contribution in [3.63, 3.8) is 0 Å². The molecule has 0 bridgehead atoms. The molecular formula is C24H19FN6O4. The third kappa shape index (κ3) is 4.60. The standard InChI is InChI=1S/C24H19FN6O4/c1-14-21(13-28-31(14)16-5-3-2-4-6-16)35-24(33)29-15-7-8-20(18(25)11-15)34-19-9-10-26-22-17(19)12-27-23(32)30-22/h2-11,13H,12H2,1H3,(H,29,33)(H2,26,27,30,32). The summed E-state index contributed by atoms with van der Waals surface area (Å²) < 4.78 is 27.4. The molecule has 0 spiro atoms. The van der Waals surface area contributed by atoms with Crippen molar-refractivity contribution in [3.8, 4) is 22.9 Å². The Morgan fingerprint density at radius 3 is 2.74 bits per heavy atom. The van der Waals surface area contributed by atoms with Crippen LogP contribution in [0.25, 0.3) is 5.69 Å². The highest BCUT2D eigenvalue weighted by atomic mass is 19.1. The van der Waals surface area contributed by atoms with Crippen molar-refractivity contribution in [2.75, 3.05) is 10.6 Å². The molecule has 5 rings (SSSR count). The number of nitrogens with one attached hydrogen (secondary N) is 3. The van der Waals surface area contributed by atoms with E-state index in [-0.39, 0.29) is 29.8 Å². The number of nitrogens with zero attached hydrogens (tertiary/aromatic N) is 3. The molecule has 35 heavy (non-hydrogen) atoms. The van der Waals surface area contributed by atoms with E-state index in [1.54, 1.807) is 17.7 Å². The zero-order valence-corrected chi connectivity index (χ0v) is 18.4. The van der Waals surface area contributed by atoms with Gasteiger partial charge in [0.15, 0.2) is 17.3 Å². The summed E-state index contributed by atoms with van der Waals surface area (Å²) in [6.07, 6.45) is 2.09. The van der Waals surface area contributed by atoms with Crippen molar-refractivity contribution in [3.05, 3.63) is 84.1 Å². The number of hydrogen-bond donors (Lipinski definition) is 3. The maximum atomic E-state index is 14.7. The number of hydrogen-bond acceptors (Lipinski definition) is 6. The van der Waals surface area contributed by atoms with Gasteiger partial charge in [0.25, 0.3) is 0 Å². The number of pyridine rings is 1. The van der Waals surface area contributed by atoms with E-state index in [1.807, 2.05) is 30.3 Å². The van der Waals surface area contributed by atoms with Gasteiger partial charge in [0.1, 0.15) is 11.6 Å². The van der Waals surface area contributed by atoms with Crippen LogP contribution < -0.4 is 25.4 Å². The largest absolute Gasteiger partial charge is 0.454 e. The fourth-order valence-corrected chi connectivity index (χ4v) is 3.52. The third-order valence-corrected chi connectivity index (χ3v) is 5.24. The Kier molecular flexibility index (Phi) is 5.71. The number of benzene rings is 2. The molecule has 0 saturated heterocycles. The molecule has 3 N–H and O–H groups in total. The van der Waals surface area contributed by atoms with Crippen LogP contribution in [0.1, 0.15) is 11.3 Å². The minimum absolute atomic E-state index is 0.0609. The van der Waals surface area contributed by atoms with Gasteiger partial charge in [-0.1, -0.05) is 18.2 Å². The summed E-state index contributed by atoms with van der Waals surface area (Å²) in [5, 5.41) is 11.9. The second-order valence-corrected chi connectivity index (χ2v) is 7.55. The van der Waals surface area contributed by atoms with Crippen LogP contribution in [0.2, 0.25) is 0 Å². The summed E-state index contributed by atoms with van der Waals surface area (Å²) in [5.41, 5.74) is 2.22. The predicted molar refractivity (Wildman–Crippen MR) is 125 cm³/mol. The number of carbonyl (C=O) groups is 2. The zero-order valence-electron chi connectivity index (χ0n) is 18.4. The quantitative estimate of drug-likeness (QED) is 0.384. The highest BCUT2D eigenvalue weighted by Crippen LogP contribution is 2.32. The predicted octanol–water partition coefficient (Wildman–Crippen LogP) is 4.75. The topological polar surface area (TPSA) is 119 Å². The summed E-state index contributed by atoms with van der Waals surface area (Å²) in [5.74, 6) is 0.198. The molecule has 3 heterocycles. The molecule has 176 valence electrons. The van der Waals surface area contributed by atoms with E-state index in [2.05, 4.69) is 26.0 Å². The molecule has 4 aromatic rings. The SMILES string of the molecule is Cc1c(OC(=O)Nc2ccc(Oc3ccnc4c3CNC(=O)N4)c(F)c2)cnn1-c1ccccc1. The first-order valence-corrected chi connectivity index (χ1v) is 10.6. The Morgan fingerprint density at radius 1 is 1.11 bits per heavy atom. The van der Waals surface area contributed by atoms with E-state index in [1.165, 1.54) is 24.5 Å². The van der Waals surface area contributed by atoms with Gasteiger partial charge in [-0.3, -0.25) is 10.6 Å². The van der Waals surface area contributed by atoms with Crippen molar-refractivity contribution in [2.24, 2.45) is 0 Å². The number of ether oxygens (including phenoxy) is 2. The van der Waals surface area contributed by atoms with E-state index in [0.29, 0.717) is 22.8 Å². The van der Waals surface area contributed by atoms with Gasteiger partial charge in [0, 0.05) is 18.0 Å². The molecule has 0 radical (unpaired) electrons. The van der Waals surface area contributed by atoms with Gasteiger partial charge in [0.2, 0.25) is 0 Å². The van der Waals surface area contributed by atoms with Gasteiger partial charge >= 0.3 is 12.1 Å². The van der Waals surface area contributed by atoms with Gasteiger partial charge in [-0.2, -0.15) is 5.10 Å². The molecule has 2 aromatic carbocycles. The third-order valence-electron chi connectivity index (χ3n) is 5.24. The van der Waals surface area contributed by atoms with Crippen molar-refractivity contribution in [2.45, 2.75) is 13.5 Å². The number of para-hydroxylation sites is 1. The minimum atomic E-state index is -0.793. The van der Waals surface area contributed by atoms with Crippen LogP contribution in [0.4, 0.5) is 25.5 Å². The summed E-state index contributed by atoms with van der Waals surface area (Å²) in [4.78, 5) is 27.9. The van der Waals surface area contributed by atoms with Gasteiger partial charge < -0.3 is 14.8 Å². The van der Waals surface area contributed by atoms with Crippen molar-refractivity contribution in [1.29, 1.82) is 0 Å². The lowest BCUT2D eigenvalue weighted by atomic mass is 10.2. The van der Waals surface area contributed by atoms with Crippen LogP contribution in [-0.2, 0) is 6.54 Å². The van der Waals surface area contributed by atoms with Gasteiger partial charge in [-0.15, -0.1) is 0 Å². The fraction of sp³-hybridized carbons (Fsp3) is 0.0833. The number of amides is 3.